The molecule has 0 fully saturated rings. The van der Waals surface area contributed by atoms with E-state index in [4.69, 9.17) is 14.7 Å². The topological polar surface area (TPSA) is 54.3 Å². The van der Waals surface area contributed by atoms with Crippen molar-refractivity contribution in [1.82, 2.24) is 5.32 Å². The summed E-state index contributed by atoms with van der Waals surface area (Å²) in [6, 6.07) is 15.3. The summed E-state index contributed by atoms with van der Waals surface area (Å²) in [5.41, 5.74) is 2.54. The van der Waals surface area contributed by atoms with Crippen LogP contribution in [-0.4, -0.2) is 14.2 Å². The van der Waals surface area contributed by atoms with Crippen LogP contribution in [0, 0.1) is 11.3 Å². The molecular formula is C17H18N2O2. The van der Waals surface area contributed by atoms with E-state index in [1.807, 2.05) is 43.4 Å². The smallest absolute Gasteiger partial charge is 0.124 e. The zero-order chi connectivity index (χ0) is 15.1. The molecule has 0 aliphatic heterocycles. The van der Waals surface area contributed by atoms with E-state index < -0.39 is 0 Å². The number of hydrogen-bond acceptors (Lipinski definition) is 4. The van der Waals surface area contributed by atoms with Gasteiger partial charge in [0.25, 0.3) is 0 Å². The van der Waals surface area contributed by atoms with E-state index >= 15 is 0 Å². The second kappa shape index (κ2) is 7.32. The maximum atomic E-state index is 9.09. The zero-order valence-corrected chi connectivity index (χ0v) is 12.2. The van der Waals surface area contributed by atoms with Gasteiger partial charge in [-0.1, -0.05) is 18.2 Å². The van der Waals surface area contributed by atoms with E-state index in [2.05, 4.69) is 11.4 Å². The van der Waals surface area contributed by atoms with Gasteiger partial charge in [0.05, 0.1) is 18.7 Å². The molecule has 2 aromatic rings. The second-order valence-corrected chi connectivity index (χ2v) is 4.56. The molecule has 0 radical (unpaired) electrons. The summed E-state index contributed by atoms with van der Waals surface area (Å²) in [6.45, 7) is 1.05. The summed E-state index contributed by atoms with van der Waals surface area (Å²) in [5, 5.41) is 12.2. The number of hydrogen-bond donors (Lipinski definition) is 1. The molecule has 0 spiro atoms. The Balaban J connectivity index is 2.17. The lowest BCUT2D eigenvalue weighted by Crippen LogP contribution is -2.08. The Bertz CT molecular complexity index is 647. The van der Waals surface area contributed by atoms with Crippen LogP contribution in [0.1, 0.15) is 16.7 Å². The third-order valence-corrected chi connectivity index (χ3v) is 3.16. The minimum atomic E-state index is 0.368. The number of nitrogens with one attached hydrogen (secondary N) is 1. The van der Waals surface area contributed by atoms with Gasteiger partial charge < -0.3 is 14.8 Å². The molecule has 0 atom stereocenters. The van der Waals surface area contributed by atoms with Gasteiger partial charge >= 0.3 is 0 Å². The van der Waals surface area contributed by atoms with E-state index in [1.54, 1.807) is 13.2 Å². The lowest BCUT2D eigenvalue weighted by atomic mass is 10.1. The lowest BCUT2D eigenvalue weighted by molar-refractivity contribution is 0.301. The van der Waals surface area contributed by atoms with Gasteiger partial charge in [0.2, 0.25) is 0 Å². The van der Waals surface area contributed by atoms with Gasteiger partial charge in [-0.3, -0.25) is 0 Å². The summed E-state index contributed by atoms with van der Waals surface area (Å²) in [7, 11) is 3.52. The SMILES string of the molecule is CNCc1cc(OC)ccc1OCc1ccccc1C#N. The fraction of sp³-hybridized carbons (Fsp3) is 0.235. The molecule has 108 valence electrons. The van der Waals surface area contributed by atoms with Crippen LogP contribution < -0.4 is 14.8 Å². The molecule has 4 nitrogen and oxygen atoms in total. The summed E-state index contributed by atoms with van der Waals surface area (Å²) in [5.74, 6) is 1.59. The van der Waals surface area contributed by atoms with Crippen molar-refractivity contribution in [3.63, 3.8) is 0 Å². The highest BCUT2D eigenvalue weighted by Crippen LogP contribution is 2.25. The molecule has 0 saturated carbocycles. The van der Waals surface area contributed by atoms with Crippen LogP contribution in [0.25, 0.3) is 0 Å². The Morgan fingerprint density at radius 2 is 1.95 bits per heavy atom. The summed E-state index contributed by atoms with van der Waals surface area (Å²) >= 11 is 0. The molecule has 0 heterocycles. The Labute approximate surface area is 124 Å². The van der Waals surface area contributed by atoms with Crippen molar-refractivity contribution in [2.24, 2.45) is 0 Å². The molecule has 4 heteroatoms. The van der Waals surface area contributed by atoms with E-state index in [9.17, 15) is 0 Å². The molecule has 21 heavy (non-hydrogen) atoms. The average Bonchev–Trinajstić information content (AvgIpc) is 2.54. The Morgan fingerprint density at radius 1 is 1.14 bits per heavy atom. The molecular weight excluding hydrogens is 264 g/mol. The van der Waals surface area contributed by atoms with Gasteiger partial charge in [-0.25, -0.2) is 0 Å². The average molecular weight is 282 g/mol. The maximum Gasteiger partial charge on any atom is 0.124 e. The molecule has 0 bridgehead atoms. The monoisotopic (exact) mass is 282 g/mol. The van der Waals surface area contributed by atoms with E-state index in [0.29, 0.717) is 18.7 Å². The van der Waals surface area contributed by atoms with E-state index in [0.717, 1.165) is 22.6 Å². The van der Waals surface area contributed by atoms with Crippen LogP contribution >= 0.6 is 0 Å². The van der Waals surface area contributed by atoms with E-state index in [-0.39, 0.29) is 0 Å². The van der Waals surface area contributed by atoms with Crippen molar-refractivity contribution in [3.05, 3.63) is 59.2 Å². The summed E-state index contributed by atoms with van der Waals surface area (Å²) in [6.07, 6.45) is 0. The number of methoxy groups -OCH3 is 1. The van der Waals surface area contributed by atoms with Crippen molar-refractivity contribution in [3.8, 4) is 17.6 Å². The highest BCUT2D eigenvalue weighted by molar-refractivity contribution is 5.41. The number of rotatable bonds is 6. The minimum absolute atomic E-state index is 0.368. The lowest BCUT2D eigenvalue weighted by Gasteiger charge is -2.13. The number of nitrogens with zero attached hydrogens (tertiary/aromatic N) is 1. The number of nitriles is 1. The quantitative estimate of drug-likeness (QED) is 0.885. The molecule has 0 unspecified atom stereocenters. The van der Waals surface area contributed by atoms with Gasteiger partial charge in [0.15, 0.2) is 0 Å². The first-order valence-electron chi connectivity index (χ1n) is 6.70. The number of ether oxygens (including phenoxy) is 2. The first kappa shape index (κ1) is 14.9. The maximum absolute atomic E-state index is 9.09. The van der Waals surface area contributed by atoms with Crippen molar-refractivity contribution in [1.29, 1.82) is 5.26 Å². The molecule has 0 saturated heterocycles. The van der Waals surface area contributed by atoms with Gasteiger partial charge in [-0.05, 0) is 31.3 Å². The van der Waals surface area contributed by atoms with Crippen LogP contribution in [-0.2, 0) is 13.2 Å². The standard InChI is InChI=1S/C17H18N2O2/c1-19-11-15-9-16(20-2)7-8-17(15)21-12-14-6-4-3-5-13(14)10-18/h3-9,19H,11-12H2,1-2H3. The highest BCUT2D eigenvalue weighted by atomic mass is 16.5. The summed E-state index contributed by atoms with van der Waals surface area (Å²) < 4.78 is 11.1. The Kier molecular flexibility index (Phi) is 5.19. The van der Waals surface area contributed by atoms with Crippen LogP contribution in [0.5, 0.6) is 11.5 Å². The summed E-state index contributed by atoms with van der Waals surface area (Å²) in [4.78, 5) is 0. The zero-order valence-electron chi connectivity index (χ0n) is 12.2. The fourth-order valence-corrected chi connectivity index (χ4v) is 2.06. The molecule has 2 rings (SSSR count). The van der Waals surface area contributed by atoms with Crippen LogP contribution in [0.3, 0.4) is 0 Å². The Hall–Kier alpha value is -2.51. The van der Waals surface area contributed by atoms with Crippen LogP contribution in [0.2, 0.25) is 0 Å². The molecule has 2 aromatic carbocycles. The van der Waals surface area contributed by atoms with Crippen molar-refractivity contribution in [2.75, 3.05) is 14.2 Å². The highest BCUT2D eigenvalue weighted by Gasteiger charge is 2.07. The second-order valence-electron chi connectivity index (χ2n) is 4.56. The predicted octanol–water partition coefficient (Wildman–Crippen LogP) is 2.87. The third kappa shape index (κ3) is 3.74. The fourth-order valence-electron chi connectivity index (χ4n) is 2.06. The first-order valence-corrected chi connectivity index (χ1v) is 6.70. The molecule has 0 aliphatic rings. The minimum Gasteiger partial charge on any atom is -0.497 e. The van der Waals surface area contributed by atoms with Gasteiger partial charge in [-0.2, -0.15) is 5.26 Å². The number of benzene rings is 2. The van der Waals surface area contributed by atoms with Crippen molar-refractivity contribution in [2.45, 2.75) is 13.2 Å². The molecule has 1 N–H and O–H groups in total. The Morgan fingerprint density at radius 3 is 2.67 bits per heavy atom. The van der Waals surface area contributed by atoms with E-state index in [1.165, 1.54) is 0 Å². The first-order chi connectivity index (χ1) is 10.3. The van der Waals surface area contributed by atoms with Crippen LogP contribution in [0.4, 0.5) is 0 Å². The van der Waals surface area contributed by atoms with Gasteiger partial charge in [0, 0.05) is 17.7 Å². The van der Waals surface area contributed by atoms with Crippen molar-refractivity contribution < 1.29 is 9.47 Å². The predicted molar refractivity (Wildman–Crippen MR) is 81.2 cm³/mol. The molecule has 0 amide bonds. The van der Waals surface area contributed by atoms with Gasteiger partial charge in [-0.15, -0.1) is 0 Å². The largest absolute Gasteiger partial charge is 0.497 e. The van der Waals surface area contributed by atoms with Gasteiger partial charge in [0.1, 0.15) is 18.1 Å². The van der Waals surface area contributed by atoms with Crippen LogP contribution in [0.15, 0.2) is 42.5 Å². The van der Waals surface area contributed by atoms with Crippen molar-refractivity contribution >= 4 is 0 Å². The molecule has 0 aromatic heterocycles. The normalized spacial score (nSPS) is 9.95. The molecule has 0 aliphatic carbocycles. The third-order valence-electron chi connectivity index (χ3n) is 3.16.